The van der Waals surface area contributed by atoms with Crippen LogP contribution in [-0.2, 0) is 0 Å². The molecule has 7 nitrogen and oxygen atoms in total. The zero-order chi connectivity index (χ0) is 13.8. The minimum absolute atomic E-state index is 0.0776. The van der Waals surface area contributed by atoms with Gasteiger partial charge in [-0.05, 0) is 0 Å². The van der Waals surface area contributed by atoms with Crippen molar-refractivity contribution in [1.29, 1.82) is 0 Å². The highest BCUT2D eigenvalue weighted by Crippen LogP contribution is 2.23. The summed E-state index contributed by atoms with van der Waals surface area (Å²) in [6.07, 6.45) is -5.54. The number of hydrogen-bond acceptors (Lipinski definition) is 6. The first-order valence-electron chi connectivity index (χ1n) is 4.64. The van der Waals surface area contributed by atoms with Gasteiger partial charge in [-0.2, -0.15) is 18.2 Å². The van der Waals surface area contributed by atoms with Crippen LogP contribution in [0.4, 0.5) is 24.7 Å². The van der Waals surface area contributed by atoms with Gasteiger partial charge in [0.1, 0.15) is 0 Å². The quantitative estimate of drug-likeness (QED) is 0.476. The summed E-state index contributed by atoms with van der Waals surface area (Å²) in [7, 11) is 0. The van der Waals surface area contributed by atoms with Gasteiger partial charge in [-0.15, -0.1) is 0 Å². The minimum atomic E-state index is -4.37. The SMILES string of the molecule is NNc1cc([N+](=O)[O-])cc(OCCC(F)(F)F)n1. The maximum absolute atomic E-state index is 11.9. The van der Waals surface area contributed by atoms with Gasteiger partial charge in [0.25, 0.3) is 5.69 Å². The van der Waals surface area contributed by atoms with Crippen molar-refractivity contribution in [1.82, 2.24) is 4.98 Å². The first-order valence-corrected chi connectivity index (χ1v) is 4.64. The van der Waals surface area contributed by atoms with Crippen molar-refractivity contribution in [3.63, 3.8) is 0 Å². The van der Waals surface area contributed by atoms with E-state index in [0.29, 0.717) is 0 Å². The van der Waals surface area contributed by atoms with E-state index in [1.807, 2.05) is 0 Å². The normalized spacial score (nSPS) is 11.1. The summed E-state index contributed by atoms with van der Waals surface area (Å²) >= 11 is 0. The number of hydrazine groups is 1. The molecule has 1 rings (SSSR count). The van der Waals surface area contributed by atoms with Crippen LogP contribution in [0.2, 0.25) is 0 Å². The first kappa shape index (κ1) is 14.0. The average molecular weight is 266 g/mol. The number of pyridine rings is 1. The molecular formula is C8H9F3N4O3. The minimum Gasteiger partial charge on any atom is -0.477 e. The molecule has 18 heavy (non-hydrogen) atoms. The van der Waals surface area contributed by atoms with Gasteiger partial charge >= 0.3 is 6.18 Å². The molecule has 0 aliphatic carbocycles. The Morgan fingerprint density at radius 2 is 2.17 bits per heavy atom. The van der Waals surface area contributed by atoms with E-state index in [2.05, 4.69) is 15.1 Å². The summed E-state index contributed by atoms with van der Waals surface area (Å²) in [4.78, 5) is 13.4. The number of hydrogen-bond donors (Lipinski definition) is 2. The van der Waals surface area contributed by atoms with Crippen molar-refractivity contribution < 1.29 is 22.8 Å². The van der Waals surface area contributed by atoms with E-state index < -0.39 is 24.1 Å². The number of ether oxygens (including phenoxy) is 1. The van der Waals surface area contributed by atoms with E-state index >= 15 is 0 Å². The lowest BCUT2D eigenvalue weighted by molar-refractivity contribution is -0.384. The lowest BCUT2D eigenvalue weighted by Crippen LogP contribution is -2.14. The molecule has 0 radical (unpaired) electrons. The van der Waals surface area contributed by atoms with E-state index in [-0.39, 0.29) is 17.4 Å². The molecule has 0 aliphatic rings. The maximum Gasteiger partial charge on any atom is 0.392 e. The molecule has 100 valence electrons. The van der Waals surface area contributed by atoms with Gasteiger partial charge in [0.15, 0.2) is 5.82 Å². The predicted molar refractivity (Wildman–Crippen MR) is 54.9 cm³/mol. The van der Waals surface area contributed by atoms with Crippen molar-refractivity contribution in [3.8, 4) is 5.88 Å². The van der Waals surface area contributed by atoms with Crippen LogP contribution in [0.15, 0.2) is 12.1 Å². The van der Waals surface area contributed by atoms with E-state index in [1.54, 1.807) is 0 Å². The number of halogens is 3. The van der Waals surface area contributed by atoms with E-state index in [1.165, 1.54) is 0 Å². The number of nitrogens with one attached hydrogen (secondary N) is 1. The van der Waals surface area contributed by atoms with E-state index in [0.717, 1.165) is 12.1 Å². The molecule has 1 aromatic rings. The van der Waals surface area contributed by atoms with E-state index in [9.17, 15) is 23.3 Å². The second kappa shape index (κ2) is 5.49. The third kappa shape index (κ3) is 4.41. The molecular weight excluding hydrogens is 257 g/mol. The van der Waals surface area contributed by atoms with Crippen molar-refractivity contribution in [3.05, 3.63) is 22.2 Å². The number of nitrogens with zero attached hydrogens (tertiary/aromatic N) is 2. The number of rotatable bonds is 5. The number of anilines is 1. The van der Waals surface area contributed by atoms with E-state index in [4.69, 9.17) is 5.84 Å². The van der Waals surface area contributed by atoms with Crippen LogP contribution in [0.5, 0.6) is 5.88 Å². The predicted octanol–water partition coefficient (Wildman–Crippen LogP) is 1.61. The molecule has 0 amide bonds. The first-order chi connectivity index (χ1) is 8.31. The van der Waals surface area contributed by atoms with Crippen LogP contribution in [0.25, 0.3) is 0 Å². The Balaban J connectivity index is 2.76. The number of aromatic nitrogens is 1. The summed E-state index contributed by atoms with van der Waals surface area (Å²) in [6, 6.07) is 1.94. The lowest BCUT2D eigenvalue weighted by atomic mass is 10.4. The molecule has 0 spiro atoms. The molecule has 0 aromatic carbocycles. The summed E-state index contributed by atoms with van der Waals surface area (Å²) in [5, 5.41) is 10.5. The molecule has 10 heteroatoms. The van der Waals surface area contributed by atoms with Crippen molar-refractivity contribution in [2.24, 2.45) is 5.84 Å². The highest BCUT2D eigenvalue weighted by molar-refractivity contribution is 5.47. The zero-order valence-corrected chi connectivity index (χ0v) is 8.90. The Hall–Kier alpha value is -2.10. The van der Waals surface area contributed by atoms with Crippen LogP contribution in [0, 0.1) is 10.1 Å². The van der Waals surface area contributed by atoms with Crippen LogP contribution in [-0.4, -0.2) is 22.7 Å². The summed E-state index contributed by atoms with van der Waals surface area (Å²) in [5.41, 5.74) is 1.66. The topological polar surface area (TPSA) is 103 Å². The monoisotopic (exact) mass is 266 g/mol. The number of nitrogens with two attached hydrogens (primary N) is 1. The highest BCUT2D eigenvalue weighted by Gasteiger charge is 2.27. The van der Waals surface area contributed by atoms with Crippen molar-refractivity contribution in [2.75, 3.05) is 12.0 Å². The lowest BCUT2D eigenvalue weighted by Gasteiger charge is -2.08. The third-order valence-corrected chi connectivity index (χ3v) is 1.78. The molecule has 3 N–H and O–H groups in total. The van der Waals surface area contributed by atoms with Gasteiger partial charge in [-0.25, -0.2) is 5.84 Å². The fourth-order valence-electron chi connectivity index (χ4n) is 1.02. The van der Waals surface area contributed by atoms with Gasteiger partial charge in [0.05, 0.1) is 30.1 Å². The fraction of sp³-hybridized carbons (Fsp3) is 0.375. The maximum atomic E-state index is 11.9. The molecule has 0 saturated heterocycles. The van der Waals surface area contributed by atoms with Crippen molar-refractivity contribution in [2.45, 2.75) is 12.6 Å². The molecule has 0 atom stereocenters. The zero-order valence-electron chi connectivity index (χ0n) is 8.90. The molecule has 0 saturated carbocycles. The summed E-state index contributed by atoms with van der Waals surface area (Å²) < 4.78 is 40.3. The van der Waals surface area contributed by atoms with Gasteiger partial charge < -0.3 is 10.2 Å². The Bertz CT molecular complexity index is 438. The molecule has 1 heterocycles. The van der Waals surface area contributed by atoms with Gasteiger partial charge in [-0.1, -0.05) is 0 Å². The largest absolute Gasteiger partial charge is 0.477 e. The highest BCUT2D eigenvalue weighted by atomic mass is 19.4. The Labute approximate surface area is 98.9 Å². The van der Waals surface area contributed by atoms with Gasteiger partial charge in [0.2, 0.25) is 5.88 Å². The molecule has 0 fully saturated rings. The second-order valence-corrected chi connectivity index (χ2v) is 3.16. The van der Waals surface area contributed by atoms with Crippen LogP contribution in [0.3, 0.4) is 0 Å². The number of alkyl halides is 3. The number of nitro groups is 1. The average Bonchev–Trinajstić information content (AvgIpc) is 2.26. The second-order valence-electron chi connectivity index (χ2n) is 3.16. The molecule has 0 bridgehead atoms. The molecule has 0 aliphatic heterocycles. The molecule has 0 unspecified atom stereocenters. The Morgan fingerprint density at radius 1 is 1.50 bits per heavy atom. The fourth-order valence-corrected chi connectivity index (χ4v) is 1.02. The van der Waals surface area contributed by atoms with Gasteiger partial charge in [-0.3, -0.25) is 10.1 Å². The summed E-state index contributed by atoms with van der Waals surface area (Å²) in [6.45, 7) is -0.679. The smallest absolute Gasteiger partial charge is 0.392 e. The van der Waals surface area contributed by atoms with Crippen LogP contribution in [0.1, 0.15) is 6.42 Å². The Morgan fingerprint density at radius 3 is 2.67 bits per heavy atom. The van der Waals surface area contributed by atoms with Crippen LogP contribution < -0.4 is 16.0 Å². The third-order valence-electron chi connectivity index (χ3n) is 1.78. The summed E-state index contributed by atoms with van der Waals surface area (Å²) in [5.74, 6) is 4.63. The van der Waals surface area contributed by atoms with Crippen molar-refractivity contribution >= 4 is 11.5 Å². The molecule has 1 aromatic heterocycles. The number of nitrogen functional groups attached to an aromatic ring is 1. The standard InChI is InChI=1S/C8H9F3N4O3/c9-8(10,11)1-2-18-7-4-5(15(16)17)3-6(13-7)14-12/h3-4H,1-2,12H2,(H,13,14). The van der Waals surface area contributed by atoms with Crippen LogP contribution >= 0.6 is 0 Å². The van der Waals surface area contributed by atoms with Gasteiger partial charge in [0, 0.05) is 0 Å². The Kier molecular flexibility index (Phi) is 4.26.